The van der Waals surface area contributed by atoms with Crippen LogP contribution < -0.4 is 5.32 Å². The molecule has 0 spiro atoms. The summed E-state index contributed by atoms with van der Waals surface area (Å²) in [6, 6.07) is 8.51. The van der Waals surface area contributed by atoms with Gasteiger partial charge in [-0.3, -0.25) is 4.90 Å². The fourth-order valence-electron chi connectivity index (χ4n) is 2.89. The van der Waals surface area contributed by atoms with Crippen LogP contribution in [0, 0.1) is 0 Å². The van der Waals surface area contributed by atoms with E-state index in [1.54, 1.807) is 0 Å². The minimum Gasteiger partial charge on any atom is -0.373 e. The number of benzene rings is 1. The van der Waals surface area contributed by atoms with Gasteiger partial charge in [0, 0.05) is 24.1 Å². The molecule has 1 fully saturated rings. The van der Waals surface area contributed by atoms with Crippen LogP contribution in [0.2, 0.25) is 0 Å². The molecule has 21 heavy (non-hydrogen) atoms. The highest BCUT2D eigenvalue weighted by Crippen LogP contribution is 2.11. The van der Waals surface area contributed by atoms with Gasteiger partial charge in [-0.25, -0.2) is 0 Å². The molecule has 0 radical (unpaired) electrons. The molecule has 0 aromatic heterocycles. The van der Waals surface area contributed by atoms with Crippen molar-refractivity contribution in [3.05, 3.63) is 34.3 Å². The van der Waals surface area contributed by atoms with Crippen molar-refractivity contribution >= 4 is 15.9 Å². The standard InChI is InChI=1S/C17H27BrN2O/c1-14-12-20(13-15(2)21-14)10-4-3-9-19-11-16-5-7-17(18)8-6-16/h5-8,14-15,19H,3-4,9-13H2,1-2H3/t14-,15+. The minimum absolute atomic E-state index is 0.379. The van der Waals surface area contributed by atoms with Gasteiger partial charge in [-0.2, -0.15) is 0 Å². The van der Waals surface area contributed by atoms with Gasteiger partial charge in [0.05, 0.1) is 12.2 Å². The molecular weight excluding hydrogens is 328 g/mol. The summed E-state index contributed by atoms with van der Waals surface area (Å²) in [5.41, 5.74) is 1.34. The predicted octanol–water partition coefficient (Wildman–Crippen LogP) is 3.43. The summed E-state index contributed by atoms with van der Waals surface area (Å²) < 4.78 is 6.90. The number of nitrogens with one attached hydrogen (secondary N) is 1. The molecule has 0 amide bonds. The summed E-state index contributed by atoms with van der Waals surface area (Å²) in [4.78, 5) is 2.54. The second kappa shape index (κ2) is 8.89. The minimum atomic E-state index is 0.379. The van der Waals surface area contributed by atoms with Gasteiger partial charge in [0.2, 0.25) is 0 Å². The maximum atomic E-state index is 5.76. The summed E-state index contributed by atoms with van der Waals surface area (Å²) in [5, 5.41) is 3.52. The molecule has 1 aliphatic rings. The first-order chi connectivity index (χ1) is 10.1. The number of nitrogens with zero attached hydrogens (tertiary/aromatic N) is 1. The molecule has 0 unspecified atom stereocenters. The Morgan fingerprint density at radius 3 is 2.48 bits per heavy atom. The molecule has 0 bridgehead atoms. The number of ether oxygens (including phenoxy) is 1. The van der Waals surface area contributed by atoms with E-state index in [0.717, 1.165) is 30.7 Å². The Morgan fingerprint density at radius 2 is 1.81 bits per heavy atom. The maximum absolute atomic E-state index is 5.76. The molecule has 1 aromatic rings. The summed E-state index contributed by atoms with van der Waals surface area (Å²) in [6.07, 6.45) is 3.25. The van der Waals surface area contributed by atoms with Crippen LogP contribution in [0.25, 0.3) is 0 Å². The van der Waals surface area contributed by atoms with E-state index in [1.807, 2.05) is 0 Å². The van der Waals surface area contributed by atoms with Crippen molar-refractivity contribution in [2.45, 2.75) is 45.4 Å². The number of morpholine rings is 1. The van der Waals surface area contributed by atoms with Crippen LogP contribution in [0.15, 0.2) is 28.7 Å². The molecule has 1 heterocycles. The van der Waals surface area contributed by atoms with Gasteiger partial charge in [0.15, 0.2) is 0 Å². The second-order valence-corrected chi connectivity index (χ2v) is 6.94. The van der Waals surface area contributed by atoms with Crippen molar-refractivity contribution in [3.63, 3.8) is 0 Å². The van der Waals surface area contributed by atoms with E-state index in [1.165, 1.54) is 24.9 Å². The zero-order chi connectivity index (χ0) is 15.1. The molecule has 0 aliphatic carbocycles. The molecule has 2 rings (SSSR count). The van der Waals surface area contributed by atoms with E-state index >= 15 is 0 Å². The van der Waals surface area contributed by atoms with Crippen LogP contribution in [0.3, 0.4) is 0 Å². The lowest BCUT2D eigenvalue weighted by molar-refractivity contribution is -0.0681. The monoisotopic (exact) mass is 354 g/mol. The van der Waals surface area contributed by atoms with E-state index in [-0.39, 0.29) is 0 Å². The SMILES string of the molecule is C[C@@H]1CN(CCCCNCc2ccc(Br)cc2)C[C@H](C)O1. The Labute approximate surface area is 137 Å². The van der Waals surface area contributed by atoms with Crippen LogP contribution in [0.4, 0.5) is 0 Å². The van der Waals surface area contributed by atoms with Gasteiger partial charge in [-0.15, -0.1) is 0 Å². The molecular formula is C17H27BrN2O. The van der Waals surface area contributed by atoms with Crippen molar-refractivity contribution < 1.29 is 4.74 Å². The van der Waals surface area contributed by atoms with E-state index in [4.69, 9.17) is 4.74 Å². The zero-order valence-electron chi connectivity index (χ0n) is 13.1. The van der Waals surface area contributed by atoms with Gasteiger partial charge >= 0.3 is 0 Å². The normalized spacial score (nSPS) is 23.4. The number of rotatable bonds is 7. The van der Waals surface area contributed by atoms with Gasteiger partial charge in [-0.05, 0) is 57.5 Å². The van der Waals surface area contributed by atoms with E-state index in [9.17, 15) is 0 Å². The Morgan fingerprint density at radius 1 is 1.14 bits per heavy atom. The quantitative estimate of drug-likeness (QED) is 0.759. The van der Waals surface area contributed by atoms with Crippen LogP contribution in [0.1, 0.15) is 32.3 Å². The first kappa shape index (κ1) is 16.9. The Hall–Kier alpha value is -0.420. The van der Waals surface area contributed by atoms with Gasteiger partial charge in [-0.1, -0.05) is 28.1 Å². The highest BCUT2D eigenvalue weighted by molar-refractivity contribution is 9.10. The van der Waals surface area contributed by atoms with Crippen molar-refractivity contribution in [1.82, 2.24) is 10.2 Å². The second-order valence-electron chi connectivity index (χ2n) is 6.03. The Kier molecular flexibility index (Phi) is 7.17. The van der Waals surface area contributed by atoms with E-state index < -0.39 is 0 Å². The maximum Gasteiger partial charge on any atom is 0.0678 e. The van der Waals surface area contributed by atoms with E-state index in [0.29, 0.717) is 12.2 Å². The Balaban J connectivity index is 1.53. The fraction of sp³-hybridized carbons (Fsp3) is 0.647. The van der Waals surface area contributed by atoms with Crippen molar-refractivity contribution in [2.75, 3.05) is 26.2 Å². The number of hydrogen-bond donors (Lipinski definition) is 1. The lowest BCUT2D eigenvalue weighted by Crippen LogP contribution is -2.45. The molecule has 1 aliphatic heterocycles. The van der Waals surface area contributed by atoms with Crippen molar-refractivity contribution in [2.24, 2.45) is 0 Å². The molecule has 3 nitrogen and oxygen atoms in total. The van der Waals surface area contributed by atoms with Gasteiger partial charge in [0.1, 0.15) is 0 Å². The highest BCUT2D eigenvalue weighted by Gasteiger charge is 2.21. The summed E-state index contributed by atoms with van der Waals surface area (Å²) in [7, 11) is 0. The number of halogens is 1. The lowest BCUT2D eigenvalue weighted by atomic mass is 10.2. The Bertz CT molecular complexity index is 400. The molecule has 1 aromatic carbocycles. The third kappa shape index (κ3) is 6.47. The van der Waals surface area contributed by atoms with Crippen LogP contribution in [-0.4, -0.2) is 43.3 Å². The van der Waals surface area contributed by atoms with Gasteiger partial charge in [0.25, 0.3) is 0 Å². The number of unbranched alkanes of at least 4 members (excludes halogenated alkanes) is 1. The molecule has 118 valence electrons. The van der Waals surface area contributed by atoms with Crippen molar-refractivity contribution in [1.29, 1.82) is 0 Å². The average Bonchev–Trinajstić information content (AvgIpc) is 2.43. The van der Waals surface area contributed by atoms with Crippen molar-refractivity contribution in [3.8, 4) is 0 Å². The highest BCUT2D eigenvalue weighted by atomic mass is 79.9. The first-order valence-electron chi connectivity index (χ1n) is 7.96. The summed E-state index contributed by atoms with van der Waals surface area (Å²) >= 11 is 3.46. The molecule has 1 N–H and O–H groups in total. The first-order valence-corrected chi connectivity index (χ1v) is 8.76. The summed E-state index contributed by atoms with van der Waals surface area (Å²) in [6.45, 7) is 9.74. The van der Waals surface area contributed by atoms with E-state index in [2.05, 4.69) is 64.3 Å². The number of hydrogen-bond acceptors (Lipinski definition) is 3. The largest absolute Gasteiger partial charge is 0.373 e. The van der Waals surface area contributed by atoms with Crippen LogP contribution in [-0.2, 0) is 11.3 Å². The third-order valence-electron chi connectivity index (χ3n) is 3.82. The smallest absolute Gasteiger partial charge is 0.0678 e. The third-order valence-corrected chi connectivity index (χ3v) is 4.34. The zero-order valence-corrected chi connectivity index (χ0v) is 14.7. The molecule has 1 saturated heterocycles. The van der Waals surface area contributed by atoms with Crippen LogP contribution in [0.5, 0.6) is 0 Å². The topological polar surface area (TPSA) is 24.5 Å². The summed E-state index contributed by atoms with van der Waals surface area (Å²) in [5.74, 6) is 0. The van der Waals surface area contributed by atoms with Gasteiger partial charge < -0.3 is 10.1 Å². The predicted molar refractivity (Wildman–Crippen MR) is 91.5 cm³/mol. The molecule has 4 heteroatoms. The lowest BCUT2D eigenvalue weighted by Gasteiger charge is -2.35. The molecule has 2 atom stereocenters. The average molecular weight is 355 g/mol. The van der Waals surface area contributed by atoms with Crippen LogP contribution >= 0.6 is 15.9 Å². The molecule has 0 saturated carbocycles. The fourth-order valence-corrected chi connectivity index (χ4v) is 3.15.